The van der Waals surface area contributed by atoms with Gasteiger partial charge in [-0.2, -0.15) is 0 Å². The van der Waals surface area contributed by atoms with E-state index in [9.17, 15) is 4.79 Å². The van der Waals surface area contributed by atoms with Gasteiger partial charge in [0, 0.05) is 0 Å². The first kappa shape index (κ1) is 11.0. The molecule has 74 valence electrons. The first-order valence-electron chi connectivity index (χ1n) is 4.17. The number of carbonyl (C=O) groups excluding carboxylic acids is 1. The van der Waals surface area contributed by atoms with Crippen LogP contribution in [-0.4, -0.2) is 28.0 Å². The summed E-state index contributed by atoms with van der Waals surface area (Å²) in [5, 5.41) is 0. The van der Waals surface area contributed by atoms with Gasteiger partial charge in [0.25, 0.3) is 0 Å². The molecular formula is C11H12O2Se. The van der Waals surface area contributed by atoms with Crippen LogP contribution in [0.2, 0.25) is 5.82 Å². The molecule has 0 radical (unpaired) electrons. The molecule has 0 fully saturated rings. The number of carbonyl (C=O) groups is 1. The molecule has 0 bridgehead atoms. The van der Waals surface area contributed by atoms with Gasteiger partial charge in [-0.05, 0) is 0 Å². The SMILES string of the molecule is COC(=O)/C=C/c1ccccc1[Se]C. The molecule has 1 aromatic rings. The van der Waals surface area contributed by atoms with Gasteiger partial charge in [0.05, 0.1) is 0 Å². The molecule has 2 nitrogen and oxygen atoms in total. The van der Waals surface area contributed by atoms with Crippen molar-refractivity contribution in [2.24, 2.45) is 0 Å². The summed E-state index contributed by atoms with van der Waals surface area (Å²) in [7, 11) is 1.38. The number of methoxy groups -OCH3 is 1. The second-order valence-corrected chi connectivity index (χ2v) is 4.38. The molecule has 14 heavy (non-hydrogen) atoms. The third-order valence-corrected chi connectivity index (χ3v) is 3.44. The van der Waals surface area contributed by atoms with Gasteiger partial charge in [-0.15, -0.1) is 0 Å². The quantitative estimate of drug-likeness (QED) is 0.461. The molecule has 0 N–H and O–H groups in total. The first-order valence-corrected chi connectivity index (χ1v) is 6.74. The fourth-order valence-corrected chi connectivity index (χ4v) is 2.26. The molecule has 1 rings (SSSR count). The Balaban J connectivity index is 2.85. The second-order valence-electron chi connectivity index (χ2n) is 2.60. The Morgan fingerprint density at radius 3 is 2.79 bits per heavy atom. The van der Waals surface area contributed by atoms with Gasteiger partial charge >= 0.3 is 89.8 Å². The van der Waals surface area contributed by atoms with E-state index in [1.807, 2.05) is 18.2 Å². The van der Waals surface area contributed by atoms with E-state index in [1.54, 1.807) is 6.08 Å². The molecule has 0 heterocycles. The molecule has 0 saturated heterocycles. The Morgan fingerprint density at radius 1 is 1.43 bits per heavy atom. The minimum atomic E-state index is -0.316. The summed E-state index contributed by atoms with van der Waals surface area (Å²) < 4.78 is 5.82. The molecule has 0 amide bonds. The zero-order chi connectivity index (χ0) is 10.4. The van der Waals surface area contributed by atoms with Crippen LogP contribution in [0, 0.1) is 0 Å². The summed E-state index contributed by atoms with van der Waals surface area (Å²) in [4.78, 5) is 10.9. The number of hydrogen-bond acceptors (Lipinski definition) is 2. The van der Waals surface area contributed by atoms with Crippen LogP contribution in [0.4, 0.5) is 0 Å². The third kappa shape index (κ3) is 3.02. The number of esters is 1. The van der Waals surface area contributed by atoms with E-state index in [0.29, 0.717) is 15.0 Å². The van der Waals surface area contributed by atoms with E-state index in [1.165, 1.54) is 17.6 Å². The Morgan fingerprint density at radius 2 is 2.14 bits per heavy atom. The van der Waals surface area contributed by atoms with Crippen molar-refractivity contribution in [3.63, 3.8) is 0 Å². The summed E-state index contributed by atoms with van der Waals surface area (Å²) in [6.45, 7) is 0. The van der Waals surface area contributed by atoms with Crippen LogP contribution >= 0.6 is 0 Å². The van der Waals surface area contributed by atoms with Crippen molar-refractivity contribution in [1.29, 1.82) is 0 Å². The maximum atomic E-state index is 10.9. The fraction of sp³-hybridized carbons (Fsp3) is 0.182. The van der Waals surface area contributed by atoms with E-state index >= 15 is 0 Å². The predicted octanol–water partition coefficient (Wildman–Crippen LogP) is 1.25. The normalized spacial score (nSPS) is 10.4. The van der Waals surface area contributed by atoms with E-state index < -0.39 is 0 Å². The second kappa shape index (κ2) is 5.63. The Kier molecular flexibility index (Phi) is 4.44. The van der Waals surface area contributed by atoms with E-state index in [-0.39, 0.29) is 5.97 Å². The average Bonchev–Trinajstić information content (AvgIpc) is 2.26. The Hall–Kier alpha value is -1.05. The molecule has 0 aromatic heterocycles. The molecule has 0 aliphatic carbocycles. The molecule has 0 unspecified atom stereocenters. The Labute approximate surface area is 90.1 Å². The molecule has 1 aromatic carbocycles. The van der Waals surface area contributed by atoms with Crippen LogP contribution in [-0.2, 0) is 9.53 Å². The van der Waals surface area contributed by atoms with Gasteiger partial charge in [0.2, 0.25) is 0 Å². The predicted molar refractivity (Wildman–Crippen MR) is 58.7 cm³/mol. The Bertz CT molecular complexity index is 345. The minimum absolute atomic E-state index is 0.316. The van der Waals surface area contributed by atoms with Crippen LogP contribution in [0.1, 0.15) is 5.56 Å². The van der Waals surface area contributed by atoms with Gasteiger partial charge in [0.1, 0.15) is 0 Å². The van der Waals surface area contributed by atoms with Crippen LogP contribution in [0.25, 0.3) is 6.08 Å². The molecule has 0 aliphatic heterocycles. The topological polar surface area (TPSA) is 26.3 Å². The monoisotopic (exact) mass is 256 g/mol. The number of hydrogen-bond donors (Lipinski definition) is 0. The van der Waals surface area contributed by atoms with Gasteiger partial charge in [-0.3, -0.25) is 0 Å². The van der Waals surface area contributed by atoms with E-state index in [0.717, 1.165) is 5.56 Å². The zero-order valence-electron chi connectivity index (χ0n) is 8.19. The first-order chi connectivity index (χ1) is 6.77. The summed E-state index contributed by atoms with van der Waals surface area (Å²) >= 11 is 0.442. The molecule has 0 atom stereocenters. The van der Waals surface area contributed by atoms with Crippen LogP contribution in [0.15, 0.2) is 30.3 Å². The van der Waals surface area contributed by atoms with Crippen molar-refractivity contribution < 1.29 is 9.53 Å². The molecule has 0 spiro atoms. The summed E-state index contributed by atoms with van der Waals surface area (Å²) in [6.07, 6.45) is 3.25. The summed E-state index contributed by atoms with van der Waals surface area (Å²) in [5.41, 5.74) is 1.10. The zero-order valence-corrected chi connectivity index (χ0v) is 9.90. The van der Waals surface area contributed by atoms with Crippen LogP contribution < -0.4 is 4.46 Å². The third-order valence-electron chi connectivity index (χ3n) is 1.74. The van der Waals surface area contributed by atoms with Crippen LogP contribution in [0.3, 0.4) is 0 Å². The van der Waals surface area contributed by atoms with Crippen molar-refractivity contribution in [2.45, 2.75) is 5.82 Å². The van der Waals surface area contributed by atoms with E-state index in [4.69, 9.17) is 0 Å². The number of rotatable bonds is 3. The molecule has 0 saturated carbocycles. The van der Waals surface area contributed by atoms with Crippen LogP contribution in [0.5, 0.6) is 0 Å². The number of ether oxygens (including phenoxy) is 1. The summed E-state index contributed by atoms with van der Waals surface area (Å²) in [6, 6.07) is 8.05. The summed E-state index contributed by atoms with van der Waals surface area (Å²) in [5.74, 6) is 1.83. The van der Waals surface area contributed by atoms with Gasteiger partial charge in [-0.25, -0.2) is 0 Å². The standard InChI is InChI=1S/C11H12O2Se/c1-13-11(12)8-7-9-5-3-4-6-10(9)14-2/h3-8H,1-2H3/b8-7+. The van der Waals surface area contributed by atoms with Crippen molar-refractivity contribution in [1.82, 2.24) is 0 Å². The molecule has 3 heteroatoms. The van der Waals surface area contributed by atoms with Gasteiger partial charge in [0.15, 0.2) is 0 Å². The van der Waals surface area contributed by atoms with E-state index in [2.05, 4.69) is 16.6 Å². The molecule has 0 aliphatic rings. The van der Waals surface area contributed by atoms with Gasteiger partial charge < -0.3 is 0 Å². The van der Waals surface area contributed by atoms with Crippen molar-refractivity contribution in [2.75, 3.05) is 7.11 Å². The average molecular weight is 255 g/mol. The number of benzene rings is 1. The van der Waals surface area contributed by atoms with Crippen molar-refractivity contribution >= 4 is 31.5 Å². The van der Waals surface area contributed by atoms with Crippen molar-refractivity contribution in [3.8, 4) is 0 Å². The van der Waals surface area contributed by atoms with Gasteiger partial charge in [-0.1, -0.05) is 0 Å². The maximum absolute atomic E-state index is 10.9. The fourth-order valence-electron chi connectivity index (χ4n) is 1.03. The van der Waals surface area contributed by atoms with Crippen molar-refractivity contribution in [3.05, 3.63) is 35.9 Å². The molecular weight excluding hydrogens is 243 g/mol.